The Kier molecular flexibility index (Phi) is 7.29. The van der Waals surface area contributed by atoms with Gasteiger partial charge in [0.2, 0.25) is 0 Å². The van der Waals surface area contributed by atoms with Gasteiger partial charge >= 0.3 is 0 Å². The van der Waals surface area contributed by atoms with E-state index >= 15 is 0 Å². The molecule has 0 spiro atoms. The lowest BCUT2D eigenvalue weighted by Crippen LogP contribution is -2.27. The molecule has 29 heavy (non-hydrogen) atoms. The summed E-state index contributed by atoms with van der Waals surface area (Å²) in [6.07, 6.45) is 2.07. The van der Waals surface area contributed by atoms with Crippen LogP contribution in [0.2, 0.25) is 0 Å². The Bertz CT molecular complexity index is 899. The van der Waals surface area contributed by atoms with Gasteiger partial charge in [0, 0.05) is 51.3 Å². The molecule has 2 aliphatic heterocycles. The van der Waals surface area contributed by atoms with E-state index in [1.807, 2.05) is 6.07 Å². The Labute approximate surface area is 183 Å². The first-order valence-corrected chi connectivity index (χ1v) is 9.83. The van der Waals surface area contributed by atoms with E-state index in [0.29, 0.717) is 0 Å². The second-order valence-electron chi connectivity index (χ2n) is 7.36. The molecular formula is C20H27Cl2N7. The van der Waals surface area contributed by atoms with E-state index in [0.717, 1.165) is 75.9 Å². The summed E-state index contributed by atoms with van der Waals surface area (Å²) in [7, 11) is 0. The standard InChI is InChI=1S/C20H25N7.2ClH/c1-2-5-16(6-3-1)20-23-22-19-7-10-25(11-12-26(19)20)15-17-13-18-14-21-8-4-9-27(18)24-17;;/h1-3,5-6,13,21H,4,7-12,14-15H2;2*1H. The largest absolute Gasteiger partial charge is 0.311 e. The molecule has 0 fully saturated rings. The van der Waals surface area contributed by atoms with Crippen LogP contribution >= 0.6 is 24.8 Å². The Hall–Kier alpha value is -1.93. The molecule has 0 atom stereocenters. The highest BCUT2D eigenvalue weighted by atomic mass is 35.5. The van der Waals surface area contributed by atoms with Crippen molar-refractivity contribution in [3.8, 4) is 11.4 Å². The maximum atomic E-state index is 4.84. The van der Waals surface area contributed by atoms with Gasteiger partial charge in [-0.15, -0.1) is 35.0 Å². The van der Waals surface area contributed by atoms with E-state index in [1.54, 1.807) is 0 Å². The van der Waals surface area contributed by atoms with Crippen LogP contribution in [-0.4, -0.2) is 49.1 Å². The minimum atomic E-state index is 0. The van der Waals surface area contributed by atoms with Crippen LogP contribution in [0.1, 0.15) is 23.6 Å². The predicted octanol–water partition coefficient (Wildman–Crippen LogP) is 2.54. The molecule has 9 heteroatoms. The van der Waals surface area contributed by atoms with Crippen molar-refractivity contribution >= 4 is 24.8 Å². The molecule has 0 amide bonds. The molecule has 156 valence electrons. The van der Waals surface area contributed by atoms with E-state index in [-0.39, 0.29) is 24.8 Å². The van der Waals surface area contributed by atoms with Gasteiger partial charge in [0.25, 0.3) is 0 Å². The number of aromatic nitrogens is 5. The van der Waals surface area contributed by atoms with Crippen LogP contribution in [0.4, 0.5) is 0 Å². The fourth-order valence-electron chi connectivity index (χ4n) is 4.05. The second kappa shape index (κ2) is 9.71. The van der Waals surface area contributed by atoms with Gasteiger partial charge < -0.3 is 9.88 Å². The van der Waals surface area contributed by atoms with Gasteiger partial charge in [-0.25, -0.2) is 0 Å². The monoisotopic (exact) mass is 435 g/mol. The minimum Gasteiger partial charge on any atom is -0.311 e. The van der Waals surface area contributed by atoms with Gasteiger partial charge in [0.15, 0.2) is 5.82 Å². The van der Waals surface area contributed by atoms with Gasteiger partial charge in [-0.1, -0.05) is 30.3 Å². The smallest absolute Gasteiger partial charge is 0.164 e. The molecule has 0 saturated heterocycles. The van der Waals surface area contributed by atoms with Crippen molar-refractivity contribution in [2.45, 2.75) is 39.0 Å². The van der Waals surface area contributed by atoms with Gasteiger partial charge in [0.05, 0.1) is 11.4 Å². The molecule has 4 heterocycles. The average molecular weight is 436 g/mol. The Balaban J connectivity index is 0.00000120. The molecule has 0 unspecified atom stereocenters. The number of hydrogen-bond acceptors (Lipinski definition) is 5. The van der Waals surface area contributed by atoms with Crippen LogP contribution in [-0.2, 0) is 32.6 Å². The third-order valence-corrected chi connectivity index (χ3v) is 5.48. The molecule has 1 aromatic carbocycles. The van der Waals surface area contributed by atoms with E-state index in [9.17, 15) is 0 Å². The fraction of sp³-hybridized carbons (Fsp3) is 0.450. The topological polar surface area (TPSA) is 63.8 Å². The summed E-state index contributed by atoms with van der Waals surface area (Å²) in [6, 6.07) is 12.6. The third-order valence-electron chi connectivity index (χ3n) is 5.48. The van der Waals surface area contributed by atoms with Crippen LogP contribution in [0.5, 0.6) is 0 Å². The Morgan fingerprint density at radius 2 is 1.83 bits per heavy atom. The molecular weight excluding hydrogens is 409 g/mol. The normalized spacial score (nSPS) is 16.6. The lowest BCUT2D eigenvalue weighted by molar-refractivity contribution is 0.267. The molecule has 0 aliphatic carbocycles. The number of rotatable bonds is 3. The summed E-state index contributed by atoms with van der Waals surface area (Å²) >= 11 is 0. The van der Waals surface area contributed by atoms with E-state index in [1.165, 1.54) is 11.4 Å². The zero-order valence-corrected chi connectivity index (χ0v) is 18.0. The SMILES string of the molecule is Cl.Cl.c1ccc(-c2nnc3n2CCN(Cc2cc4n(n2)CCCNC4)CC3)cc1. The molecule has 0 radical (unpaired) electrons. The summed E-state index contributed by atoms with van der Waals surface area (Å²) in [6.45, 7) is 6.83. The number of nitrogens with zero attached hydrogens (tertiary/aromatic N) is 6. The maximum Gasteiger partial charge on any atom is 0.164 e. The summed E-state index contributed by atoms with van der Waals surface area (Å²) in [5.74, 6) is 2.06. The summed E-state index contributed by atoms with van der Waals surface area (Å²) < 4.78 is 4.46. The zero-order valence-electron chi connectivity index (χ0n) is 16.3. The van der Waals surface area contributed by atoms with Crippen molar-refractivity contribution in [1.82, 2.24) is 34.8 Å². The highest BCUT2D eigenvalue weighted by molar-refractivity contribution is 5.85. The summed E-state index contributed by atoms with van der Waals surface area (Å²) in [5.41, 5.74) is 3.62. The molecule has 3 aromatic rings. The number of nitrogens with one attached hydrogen (secondary N) is 1. The van der Waals surface area contributed by atoms with E-state index in [2.05, 4.69) is 60.0 Å². The van der Waals surface area contributed by atoms with Gasteiger partial charge in [-0.05, 0) is 19.0 Å². The minimum absolute atomic E-state index is 0. The lowest BCUT2D eigenvalue weighted by atomic mass is 10.2. The quantitative estimate of drug-likeness (QED) is 0.684. The van der Waals surface area contributed by atoms with Crippen molar-refractivity contribution in [1.29, 1.82) is 0 Å². The van der Waals surface area contributed by atoms with Gasteiger partial charge in [-0.2, -0.15) is 5.10 Å². The molecule has 2 aromatic heterocycles. The van der Waals surface area contributed by atoms with Crippen molar-refractivity contribution in [3.63, 3.8) is 0 Å². The Morgan fingerprint density at radius 3 is 2.69 bits per heavy atom. The first-order chi connectivity index (χ1) is 13.4. The highest BCUT2D eigenvalue weighted by Gasteiger charge is 2.20. The van der Waals surface area contributed by atoms with Crippen LogP contribution in [0, 0.1) is 0 Å². The van der Waals surface area contributed by atoms with E-state index < -0.39 is 0 Å². The van der Waals surface area contributed by atoms with Crippen molar-refractivity contribution in [2.24, 2.45) is 0 Å². The second-order valence-corrected chi connectivity index (χ2v) is 7.36. The number of fused-ring (bicyclic) bond motifs is 2. The van der Waals surface area contributed by atoms with Crippen LogP contribution < -0.4 is 5.32 Å². The molecule has 7 nitrogen and oxygen atoms in total. The molecule has 1 N–H and O–H groups in total. The number of aryl methyl sites for hydroxylation is 1. The highest BCUT2D eigenvalue weighted by Crippen LogP contribution is 2.20. The van der Waals surface area contributed by atoms with Crippen molar-refractivity contribution in [2.75, 3.05) is 19.6 Å². The molecule has 5 rings (SSSR count). The third kappa shape index (κ3) is 4.64. The lowest BCUT2D eigenvalue weighted by Gasteiger charge is -2.18. The fourth-order valence-corrected chi connectivity index (χ4v) is 4.05. The van der Waals surface area contributed by atoms with Crippen LogP contribution in [0.3, 0.4) is 0 Å². The number of benzene rings is 1. The number of halogens is 2. The predicted molar refractivity (Wildman–Crippen MR) is 117 cm³/mol. The number of hydrogen-bond donors (Lipinski definition) is 1. The Morgan fingerprint density at radius 1 is 0.966 bits per heavy atom. The first-order valence-electron chi connectivity index (χ1n) is 9.83. The van der Waals surface area contributed by atoms with Crippen LogP contribution in [0.25, 0.3) is 11.4 Å². The molecule has 0 saturated carbocycles. The maximum absolute atomic E-state index is 4.84. The summed E-state index contributed by atoms with van der Waals surface area (Å²) in [5, 5.41) is 17.2. The average Bonchev–Trinajstić information content (AvgIpc) is 3.14. The van der Waals surface area contributed by atoms with Gasteiger partial charge in [-0.3, -0.25) is 9.58 Å². The van der Waals surface area contributed by atoms with Crippen molar-refractivity contribution in [3.05, 3.63) is 53.6 Å². The van der Waals surface area contributed by atoms with Crippen molar-refractivity contribution < 1.29 is 0 Å². The van der Waals surface area contributed by atoms with Crippen LogP contribution in [0.15, 0.2) is 36.4 Å². The molecule has 2 aliphatic rings. The summed E-state index contributed by atoms with van der Waals surface area (Å²) in [4.78, 5) is 2.49. The zero-order chi connectivity index (χ0) is 18.1. The molecule has 0 bridgehead atoms. The first kappa shape index (κ1) is 21.8. The van der Waals surface area contributed by atoms with E-state index in [4.69, 9.17) is 5.10 Å². The van der Waals surface area contributed by atoms with Gasteiger partial charge in [0.1, 0.15) is 5.82 Å².